The Morgan fingerprint density at radius 3 is 2.48 bits per heavy atom. The van der Waals surface area contributed by atoms with Crippen LogP contribution in [0.25, 0.3) is 10.9 Å². The van der Waals surface area contributed by atoms with Crippen LogP contribution in [-0.2, 0) is 19.5 Å². The van der Waals surface area contributed by atoms with Gasteiger partial charge in [0.05, 0.1) is 0 Å². The summed E-state index contributed by atoms with van der Waals surface area (Å²) < 4.78 is 2.46. The van der Waals surface area contributed by atoms with Gasteiger partial charge in [0.15, 0.2) is 0 Å². The summed E-state index contributed by atoms with van der Waals surface area (Å²) in [5.74, 6) is 0. The number of carbonyl (C=O) groups is 1. The van der Waals surface area contributed by atoms with E-state index in [-0.39, 0.29) is 6.03 Å². The Morgan fingerprint density at radius 1 is 0.968 bits per heavy atom. The van der Waals surface area contributed by atoms with Crippen molar-refractivity contribution in [3.63, 3.8) is 0 Å². The fourth-order valence-corrected chi connectivity index (χ4v) is 4.60. The molecule has 31 heavy (non-hydrogen) atoms. The zero-order chi connectivity index (χ0) is 21.2. The van der Waals surface area contributed by atoms with Crippen molar-refractivity contribution in [3.8, 4) is 0 Å². The second kappa shape index (κ2) is 8.31. The summed E-state index contributed by atoms with van der Waals surface area (Å²) in [5, 5.41) is 4.33. The molecule has 1 aromatic heterocycles. The van der Waals surface area contributed by atoms with Crippen molar-refractivity contribution in [2.24, 2.45) is 0 Å². The molecule has 0 spiro atoms. The Hall–Kier alpha value is -3.53. The summed E-state index contributed by atoms with van der Waals surface area (Å²) in [6, 6.07) is 27.0. The maximum Gasteiger partial charge on any atom is 0.322 e. The molecule has 0 unspecified atom stereocenters. The van der Waals surface area contributed by atoms with Crippen LogP contribution in [0.1, 0.15) is 28.8 Å². The third-order valence-electron chi connectivity index (χ3n) is 6.13. The van der Waals surface area contributed by atoms with Gasteiger partial charge >= 0.3 is 6.03 Å². The minimum atomic E-state index is -0.0318. The summed E-state index contributed by atoms with van der Waals surface area (Å²) in [5.41, 5.74) is 7.28. The lowest BCUT2D eigenvalue weighted by Gasteiger charge is -2.21. The van der Waals surface area contributed by atoms with Crippen LogP contribution in [0.2, 0.25) is 0 Å². The first-order valence-corrected chi connectivity index (χ1v) is 10.9. The number of hydrogen-bond donors (Lipinski definition) is 1. The molecule has 0 bridgehead atoms. The van der Waals surface area contributed by atoms with Crippen molar-refractivity contribution < 1.29 is 4.79 Å². The van der Waals surface area contributed by atoms with Crippen LogP contribution in [0, 0.1) is 6.92 Å². The van der Waals surface area contributed by atoms with Crippen molar-refractivity contribution in [2.45, 2.75) is 32.9 Å². The lowest BCUT2D eigenvalue weighted by atomic mass is 10.1. The van der Waals surface area contributed by atoms with Crippen LogP contribution in [0.3, 0.4) is 0 Å². The first-order valence-electron chi connectivity index (χ1n) is 10.9. The van der Waals surface area contributed by atoms with E-state index in [1.807, 2.05) is 35.2 Å². The molecule has 156 valence electrons. The van der Waals surface area contributed by atoms with Crippen LogP contribution in [0.5, 0.6) is 0 Å². The molecule has 0 aliphatic carbocycles. The smallest absolute Gasteiger partial charge is 0.322 e. The number of para-hydroxylation sites is 1. The fraction of sp³-hybridized carbons (Fsp3) is 0.222. The second-order valence-electron chi connectivity index (χ2n) is 8.34. The number of benzene rings is 3. The lowest BCUT2D eigenvalue weighted by Crippen LogP contribution is -2.34. The third kappa shape index (κ3) is 3.93. The molecule has 4 aromatic rings. The number of urea groups is 1. The van der Waals surface area contributed by atoms with E-state index in [1.165, 1.54) is 33.3 Å². The van der Waals surface area contributed by atoms with Crippen LogP contribution < -0.4 is 5.32 Å². The van der Waals surface area contributed by atoms with Gasteiger partial charge in [-0.3, -0.25) is 0 Å². The van der Waals surface area contributed by atoms with Gasteiger partial charge in [-0.1, -0.05) is 60.2 Å². The average molecular weight is 410 g/mol. The molecule has 1 N–H and O–H groups in total. The molecule has 0 radical (unpaired) electrons. The molecule has 2 heterocycles. The minimum absolute atomic E-state index is 0.0318. The summed E-state index contributed by atoms with van der Waals surface area (Å²) in [6.45, 7) is 4.38. The molecule has 1 aliphatic heterocycles. The first-order chi connectivity index (χ1) is 15.2. The fourth-order valence-electron chi connectivity index (χ4n) is 4.60. The molecular weight excluding hydrogens is 382 g/mol. The van der Waals surface area contributed by atoms with Gasteiger partial charge in [-0.25, -0.2) is 4.79 Å². The zero-order valence-electron chi connectivity index (χ0n) is 17.8. The van der Waals surface area contributed by atoms with E-state index in [4.69, 9.17) is 0 Å². The van der Waals surface area contributed by atoms with E-state index >= 15 is 0 Å². The van der Waals surface area contributed by atoms with Crippen molar-refractivity contribution in [1.82, 2.24) is 9.47 Å². The SMILES string of the molecule is Cc1ccc2c(c1)c1c(n2Cc2ccccc2)CCCN(C(=O)Nc2ccccc2)C1. The van der Waals surface area contributed by atoms with E-state index in [0.717, 1.165) is 31.6 Å². The Balaban J connectivity index is 1.52. The predicted molar refractivity (Wildman–Crippen MR) is 126 cm³/mol. The van der Waals surface area contributed by atoms with E-state index in [0.29, 0.717) is 6.54 Å². The zero-order valence-corrected chi connectivity index (χ0v) is 17.8. The Morgan fingerprint density at radius 2 is 1.71 bits per heavy atom. The predicted octanol–water partition coefficient (Wildman–Crippen LogP) is 5.98. The van der Waals surface area contributed by atoms with Crippen LogP contribution in [0.15, 0.2) is 78.9 Å². The Bertz CT molecular complexity index is 1210. The number of rotatable bonds is 3. The number of fused-ring (bicyclic) bond motifs is 3. The van der Waals surface area contributed by atoms with Crippen molar-refractivity contribution in [2.75, 3.05) is 11.9 Å². The van der Waals surface area contributed by atoms with Gasteiger partial charge in [0.2, 0.25) is 0 Å². The summed E-state index contributed by atoms with van der Waals surface area (Å²) in [6.07, 6.45) is 1.93. The molecule has 3 aromatic carbocycles. The molecular formula is C27H27N3O. The van der Waals surface area contributed by atoms with Gasteiger partial charge in [-0.15, -0.1) is 0 Å². The topological polar surface area (TPSA) is 37.3 Å². The van der Waals surface area contributed by atoms with E-state index in [2.05, 4.69) is 65.3 Å². The van der Waals surface area contributed by atoms with Gasteiger partial charge < -0.3 is 14.8 Å². The Labute approximate surface area is 183 Å². The average Bonchev–Trinajstić information content (AvgIpc) is 2.93. The summed E-state index contributed by atoms with van der Waals surface area (Å²) in [7, 11) is 0. The molecule has 0 saturated heterocycles. The number of carbonyl (C=O) groups excluding carboxylic acids is 1. The van der Waals surface area contributed by atoms with E-state index in [9.17, 15) is 4.79 Å². The molecule has 1 aliphatic rings. The van der Waals surface area contributed by atoms with Crippen molar-refractivity contribution in [1.29, 1.82) is 0 Å². The highest BCUT2D eigenvalue weighted by Crippen LogP contribution is 2.32. The number of anilines is 1. The maximum absolute atomic E-state index is 13.0. The molecule has 0 saturated carbocycles. The highest BCUT2D eigenvalue weighted by molar-refractivity contribution is 5.91. The standard InChI is InChI=1S/C27H27N3O/c1-20-14-15-26-23(17-20)24-19-29(27(31)28-22-11-6-3-7-12-22)16-8-13-25(24)30(26)18-21-9-4-2-5-10-21/h2-7,9-12,14-15,17H,8,13,16,18-19H2,1H3,(H,28,31). The molecule has 5 rings (SSSR count). The van der Waals surface area contributed by atoms with Gasteiger partial charge in [0.1, 0.15) is 0 Å². The second-order valence-corrected chi connectivity index (χ2v) is 8.34. The molecule has 0 fully saturated rings. The maximum atomic E-state index is 13.0. The summed E-state index contributed by atoms with van der Waals surface area (Å²) >= 11 is 0. The normalized spacial score (nSPS) is 13.6. The van der Waals surface area contributed by atoms with E-state index < -0.39 is 0 Å². The number of nitrogens with zero attached hydrogens (tertiary/aromatic N) is 2. The van der Waals surface area contributed by atoms with Crippen LogP contribution in [-0.4, -0.2) is 22.0 Å². The van der Waals surface area contributed by atoms with Crippen molar-refractivity contribution in [3.05, 3.63) is 101 Å². The number of aromatic nitrogens is 1. The largest absolute Gasteiger partial charge is 0.340 e. The molecule has 4 heteroatoms. The number of aryl methyl sites for hydroxylation is 1. The highest BCUT2D eigenvalue weighted by atomic mass is 16.2. The third-order valence-corrected chi connectivity index (χ3v) is 6.13. The Kier molecular flexibility index (Phi) is 5.21. The number of amides is 2. The number of nitrogens with one attached hydrogen (secondary N) is 1. The van der Waals surface area contributed by atoms with Crippen LogP contribution >= 0.6 is 0 Å². The summed E-state index contributed by atoms with van der Waals surface area (Å²) in [4.78, 5) is 15.0. The monoisotopic (exact) mass is 409 g/mol. The van der Waals surface area contributed by atoms with Gasteiger partial charge in [-0.05, 0) is 49.6 Å². The minimum Gasteiger partial charge on any atom is -0.340 e. The molecule has 0 atom stereocenters. The van der Waals surface area contributed by atoms with Gasteiger partial charge in [-0.2, -0.15) is 0 Å². The van der Waals surface area contributed by atoms with Crippen LogP contribution in [0.4, 0.5) is 10.5 Å². The molecule has 2 amide bonds. The first kappa shape index (κ1) is 19.4. The quantitative estimate of drug-likeness (QED) is 0.444. The van der Waals surface area contributed by atoms with Gasteiger partial charge in [0.25, 0.3) is 0 Å². The van der Waals surface area contributed by atoms with Gasteiger partial charge in [0, 0.05) is 47.5 Å². The highest BCUT2D eigenvalue weighted by Gasteiger charge is 2.25. The van der Waals surface area contributed by atoms with E-state index in [1.54, 1.807) is 0 Å². The molecule has 4 nitrogen and oxygen atoms in total. The van der Waals surface area contributed by atoms with Crippen molar-refractivity contribution >= 4 is 22.6 Å². The lowest BCUT2D eigenvalue weighted by molar-refractivity contribution is 0.210. The number of hydrogen-bond acceptors (Lipinski definition) is 1.